The minimum Gasteiger partial charge on any atom is -0.496 e. The maximum Gasteiger partial charge on any atom is 0.159 e. The van der Waals surface area contributed by atoms with Gasteiger partial charge in [-0.3, -0.25) is 9.89 Å². The summed E-state index contributed by atoms with van der Waals surface area (Å²) in [6, 6.07) is 13.9. The fraction of sp³-hybridized carbons (Fsp3) is 0.304. The molecule has 0 saturated heterocycles. The van der Waals surface area contributed by atoms with Gasteiger partial charge in [0.25, 0.3) is 0 Å². The molecule has 0 unspecified atom stereocenters. The van der Waals surface area contributed by atoms with Crippen LogP contribution in [0.2, 0.25) is 0 Å². The molecule has 0 spiro atoms. The molecule has 2 aromatic carbocycles. The summed E-state index contributed by atoms with van der Waals surface area (Å²) in [6.45, 7) is 3.16. The molecule has 0 atom stereocenters. The molecule has 1 heterocycles. The Balaban J connectivity index is 1.54. The van der Waals surface area contributed by atoms with Crippen LogP contribution in [0.4, 0.5) is 4.39 Å². The molecule has 0 aliphatic heterocycles. The lowest BCUT2D eigenvalue weighted by molar-refractivity contribution is 0.101. The van der Waals surface area contributed by atoms with Crippen molar-refractivity contribution >= 4 is 5.78 Å². The summed E-state index contributed by atoms with van der Waals surface area (Å²) in [5.41, 5.74) is 4.46. The highest BCUT2D eigenvalue weighted by molar-refractivity contribution is 5.94. The average Bonchev–Trinajstić information content (AvgIpc) is 3.17. The SMILES string of the molecule is COc1ccc(C(C)=O)cc1CN(C)CCCc1cc(-c2ccc(F)cc2)n[nH]1. The van der Waals surface area contributed by atoms with E-state index in [1.165, 1.54) is 12.1 Å². The van der Waals surface area contributed by atoms with Gasteiger partial charge < -0.3 is 9.64 Å². The van der Waals surface area contributed by atoms with Gasteiger partial charge in [0.05, 0.1) is 12.8 Å². The monoisotopic (exact) mass is 395 g/mol. The molecule has 152 valence electrons. The lowest BCUT2D eigenvalue weighted by Crippen LogP contribution is -2.20. The summed E-state index contributed by atoms with van der Waals surface area (Å²) in [5, 5.41) is 7.38. The topological polar surface area (TPSA) is 58.2 Å². The summed E-state index contributed by atoms with van der Waals surface area (Å²) in [7, 11) is 3.69. The van der Waals surface area contributed by atoms with E-state index in [4.69, 9.17) is 4.74 Å². The Kier molecular flexibility index (Phi) is 6.77. The van der Waals surface area contributed by atoms with Gasteiger partial charge >= 0.3 is 0 Å². The predicted octanol–water partition coefficient (Wildman–Crippen LogP) is 4.49. The fourth-order valence-electron chi connectivity index (χ4n) is 3.29. The van der Waals surface area contributed by atoms with Gasteiger partial charge in [-0.05, 0) is 81.9 Å². The molecule has 6 heteroatoms. The van der Waals surface area contributed by atoms with Crippen LogP contribution in [0.1, 0.15) is 35.0 Å². The number of ketones is 1. The summed E-state index contributed by atoms with van der Waals surface area (Å²) in [6.07, 6.45) is 1.82. The first-order chi connectivity index (χ1) is 14.0. The number of Topliss-reactive ketones (excluding diaryl/α,β-unsaturated/α-hetero) is 1. The molecule has 0 bridgehead atoms. The van der Waals surface area contributed by atoms with E-state index in [0.29, 0.717) is 12.1 Å². The van der Waals surface area contributed by atoms with Crippen LogP contribution in [0.5, 0.6) is 5.75 Å². The van der Waals surface area contributed by atoms with Crippen molar-refractivity contribution in [2.75, 3.05) is 20.7 Å². The molecule has 0 saturated carbocycles. The lowest BCUT2D eigenvalue weighted by atomic mass is 10.1. The molecule has 1 aromatic heterocycles. The van der Waals surface area contributed by atoms with Gasteiger partial charge in [-0.25, -0.2) is 4.39 Å². The molecule has 5 nitrogen and oxygen atoms in total. The molecule has 1 N–H and O–H groups in total. The number of nitrogens with zero attached hydrogens (tertiary/aromatic N) is 2. The second-order valence-corrected chi connectivity index (χ2v) is 7.21. The van der Waals surface area contributed by atoms with E-state index in [1.807, 2.05) is 18.2 Å². The van der Waals surface area contributed by atoms with Crippen molar-refractivity contribution < 1.29 is 13.9 Å². The molecule has 0 amide bonds. The number of benzene rings is 2. The third-order valence-electron chi connectivity index (χ3n) is 4.88. The second-order valence-electron chi connectivity index (χ2n) is 7.21. The number of carbonyl (C=O) groups is 1. The van der Waals surface area contributed by atoms with Crippen LogP contribution in [0.15, 0.2) is 48.5 Å². The molecule has 0 aliphatic rings. The zero-order chi connectivity index (χ0) is 20.8. The molecule has 0 aliphatic carbocycles. The van der Waals surface area contributed by atoms with Gasteiger partial charge in [-0.1, -0.05) is 0 Å². The van der Waals surface area contributed by atoms with Crippen LogP contribution < -0.4 is 4.74 Å². The van der Waals surface area contributed by atoms with Crippen molar-refractivity contribution in [1.82, 2.24) is 15.1 Å². The van der Waals surface area contributed by atoms with Crippen molar-refractivity contribution in [2.24, 2.45) is 0 Å². The van der Waals surface area contributed by atoms with E-state index < -0.39 is 0 Å². The predicted molar refractivity (Wildman–Crippen MR) is 112 cm³/mol. The molecule has 0 fully saturated rings. The number of hydrogen-bond donors (Lipinski definition) is 1. The number of carbonyl (C=O) groups excluding carboxylic acids is 1. The highest BCUT2D eigenvalue weighted by Gasteiger charge is 2.10. The minimum absolute atomic E-state index is 0.0489. The smallest absolute Gasteiger partial charge is 0.159 e. The Morgan fingerprint density at radius 1 is 1.17 bits per heavy atom. The fourth-order valence-corrected chi connectivity index (χ4v) is 3.29. The molecule has 3 rings (SSSR count). The highest BCUT2D eigenvalue weighted by Crippen LogP contribution is 2.22. The zero-order valence-electron chi connectivity index (χ0n) is 17.0. The normalized spacial score (nSPS) is 11.1. The molecular formula is C23H26FN3O2. The number of aromatic nitrogens is 2. The van der Waals surface area contributed by atoms with Crippen LogP contribution in [0, 0.1) is 5.82 Å². The third-order valence-corrected chi connectivity index (χ3v) is 4.88. The Labute approximate surface area is 170 Å². The largest absolute Gasteiger partial charge is 0.496 e. The van der Waals surface area contributed by atoms with Gasteiger partial charge in [0.2, 0.25) is 0 Å². The van der Waals surface area contributed by atoms with Gasteiger partial charge in [-0.2, -0.15) is 5.10 Å². The van der Waals surface area contributed by atoms with Crippen molar-refractivity contribution in [1.29, 1.82) is 0 Å². The van der Waals surface area contributed by atoms with Crippen LogP contribution in [0.25, 0.3) is 11.3 Å². The first-order valence-electron chi connectivity index (χ1n) is 9.63. The molecule has 3 aromatic rings. The lowest BCUT2D eigenvalue weighted by Gasteiger charge is -2.18. The van der Waals surface area contributed by atoms with Gasteiger partial charge in [-0.15, -0.1) is 0 Å². The summed E-state index contributed by atoms with van der Waals surface area (Å²) >= 11 is 0. The summed E-state index contributed by atoms with van der Waals surface area (Å²) in [4.78, 5) is 13.9. The molecular weight excluding hydrogens is 369 g/mol. The number of hydrogen-bond acceptors (Lipinski definition) is 4. The van der Waals surface area contributed by atoms with E-state index >= 15 is 0 Å². The van der Waals surface area contributed by atoms with E-state index in [2.05, 4.69) is 22.1 Å². The number of aryl methyl sites for hydroxylation is 1. The second kappa shape index (κ2) is 9.47. The van der Waals surface area contributed by atoms with Crippen molar-refractivity contribution in [3.63, 3.8) is 0 Å². The highest BCUT2D eigenvalue weighted by atomic mass is 19.1. The number of nitrogens with one attached hydrogen (secondary N) is 1. The Hall–Kier alpha value is -2.99. The number of aromatic amines is 1. The van der Waals surface area contributed by atoms with E-state index in [9.17, 15) is 9.18 Å². The van der Waals surface area contributed by atoms with Crippen molar-refractivity contribution in [3.8, 4) is 17.0 Å². The van der Waals surface area contributed by atoms with E-state index in [1.54, 1.807) is 32.2 Å². The number of rotatable bonds is 9. The Bertz CT molecular complexity index is 967. The first kappa shape index (κ1) is 20.7. The Morgan fingerprint density at radius 3 is 2.62 bits per heavy atom. The average molecular weight is 395 g/mol. The van der Waals surface area contributed by atoms with Crippen LogP contribution >= 0.6 is 0 Å². The van der Waals surface area contributed by atoms with E-state index in [0.717, 1.165) is 47.7 Å². The summed E-state index contributed by atoms with van der Waals surface area (Å²) in [5.74, 6) is 0.588. The van der Waals surface area contributed by atoms with Gasteiger partial charge in [0.15, 0.2) is 5.78 Å². The number of halogens is 1. The third kappa shape index (κ3) is 5.51. The maximum absolute atomic E-state index is 13.1. The quantitative estimate of drug-likeness (QED) is 0.542. The van der Waals surface area contributed by atoms with Crippen molar-refractivity contribution in [2.45, 2.75) is 26.3 Å². The minimum atomic E-state index is -0.252. The van der Waals surface area contributed by atoms with Crippen LogP contribution in [0.3, 0.4) is 0 Å². The number of methoxy groups -OCH3 is 1. The molecule has 0 radical (unpaired) electrons. The van der Waals surface area contributed by atoms with Gasteiger partial charge in [0.1, 0.15) is 11.6 Å². The van der Waals surface area contributed by atoms with E-state index in [-0.39, 0.29) is 11.6 Å². The van der Waals surface area contributed by atoms with Gasteiger partial charge in [0, 0.05) is 28.9 Å². The number of H-pyrrole nitrogens is 1. The zero-order valence-corrected chi connectivity index (χ0v) is 17.0. The standard InChI is InChI=1S/C23H26FN3O2/c1-16(28)18-8-11-23(29-3)19(13-18)15-27(2)12-4-5-21-14-22(26-25-21)17-6-9-20(24)10-7-17/h6-11,13-14H,4-5,12,15H2,1-3H3,(H,25,26). The van der Waals surface area contributed by atoms with Crippen molar-refractivity contribution in [3.05, 3.63) is 71.2 Å². The number of ether oxygens (including phenoxy) is 1. The first-order valence-corrected chi connectivity index (χ1v) is 9.63. The van der Waals surface area contributed by atoms with Crippen LogP contribution in [-0.2, 0) is 13.0 Å². The maximum atomic E-state index is 13.1. The Morgan fingerprint density at radius 2 is 1.93 bits per heavy atom. The summed E-state index contributed by atoms with van der Waals surface area (Å²) < 4.78 is 18.5. The molecule has 29 heavy (non-hydrogen) atoms. The van der Waals surface area contributed by atoms with Crippen LogP contribution in [-0.4, -0.2) is 41.6 Å².